The Morgan fingerprint density at radius 2 is 1.94 bits per heavy atom. The molecule has 0 aromatic heterocycles. The van der Waals surface area contributed by atoms with Crippen LogP contribution in [0.25, 0.3) is 0 Å². The lowest BCUT2D eigenvalue weighted by atomic mass is 10.00. The molecular formula is C15H31NOS. The second kappa shape index (κ2) is 9.08. The summed E-state index contributed by atoms with van der Waals surface area (Å²) in [5, 5.41) is 3.64. The van der Waals surface area contributed by atoms with Gasteiger partial charge >= 0.3 is 0 Å². The van der Waals surface area contributed by atoms with Crippen molar-refractivity contribution in [3.8, 4) is 0 Å². The minimum absolute atomic E-state index is 0.500. The first-order valence-electron chi connectivity index (χ1n) is 7.71. The van der Waals surface area contributed by atoms with Gasteiger partial charge in [-0.1, -0.05) is 33.6 Å². The molecule has 0 spiro atoms. The van der Waals surface area contributed by atoms with Crippen LogP contribution in [0.3, 0.4) is 0 Å². The van der Waals surface area contributed by atoms with Crippen LogP contribution in [0.5, 0.6) is 0 Å². The van der Waals surface area contributed by atoms with E-state index in [4.69, 9.17) is 0 Å². The van der Waals surface area contributed by atoms with Gasteiger partial charge in [0.1, 0.15) is 0 Å². The fraction of sp³-hybridized carbons (Fsp3) is 1.00. The lowest BCUT2D eigenvalue weighted by Crippen LogP contribution is -2.40. The maximum Gasteiger partial charge on any atom is 0.0391 e. The summed E-state index contributed by atoms with van der Waals surface area (Å²) in [6, 6.07) is 0.500. The molecule has 0 saturated heterocycles. The van der Waals surface area contributed by atoms with E-state index in [2.05, 4.69) is 26.1 Å². The van der Waals surface area contributed by atoms with Gasteiger partial charge in [-0.2, -0.15) is 0 Å². The van der Waals surface area contributed by atoms with E-state index in [1.165, 1.54) is 32.1 Å². The van der Waals surface area contributed by atoms with Crippen LogP contribution in [0.15, 0.2) is 0 Å². The van der Waals surface area contributed by atoms with Gasteiger partial charge in [-0.05, 0) is 44.1 Å². The Bertz CT molecular complexity index is 237. The van der Waals surface area contributed by atoms with Crippen molar-refractivity contribution in [3.63, 3.8) is 0 Å². The maximum absolute atomic E-state index is 12.1. The molecule has 1 aliphatic rings. The minimum Gasteiger partial charge on any atom is -0.313 e. The van der Waals surface area contributed by atoms with Crippen LogP contribution in [-0.2, 0) is 10.8 Å². The standard InChI is InChI=1S/C15H31NOS/c1-4-10-16-15(14-7-5-6-8-14)12-18(17)11-9-13(2)3/h13-16H,4-12H2,1-3H3. The molecule has 2 atom stereocenters. The monoisotopic (exact) mass is 273 g/mol. The van der Waals surface area contributed by atoms with Crippen molar-refractivity contribution in [2.45, 2.75) is 65.3 Å². The van der Waals surface area contributed by atoms with Crippen LogP contribution < -0.4 is 5.32 Å². The largest absolute Gasteiger partial charge is 0.313 e. The molecule has 2 unspecified atom stereocenters. The molecule has 0 heterocycles. The summed E-state index contributed by atoms with van der Waals surface area (Å²) in [5.74, 6) is 3.20. The Kier molecular flexibility index (Phi) is 8.16. The zero-order chi connectivity index (χ0) is 13.4. The van der Waals surface area contributed by atoms with E-state index in [0.29, 0.717) is 12.0 Å². The number of hydrogen-bond acceptors (Lipinski definition) is 2. The average molecular weight is 273 g/mol. The third kappa shape index (κ3) is 6.33. The molecule has 1 N–H and O–H groups in total. The molecule has 1 fully saturated rings. The zero-order valence-corrected chi connectivity index (χ0v) is 13.2. The molecule has 0 aromatic rings. The second-order valence-corrected chi connectivity index (χ2v) is 7.72. The van der Waals surface area contributed by atoms with Crippen molar-refractivity contribution in [1.82, 2.24) is 5.32 Å². The Hall–Kier alpha value is 0.110. The van der Waals surface area contributed by atoms with Gasteiger partial charge in [-0.15, -0.1) is 0 Å². The minimum atomic E-state index is -0.633. The number of nitrogens with one attached hydrogen (secondary N) is 1. The van der Waals surface area contributed by atoms with Crippen LogP contribution in [0.1, 0.15) is 59.3 Å². The predicted octanol–water partition coefficient (Wildman–Crippen LogP) is 3.34. The molecule has 1 saturated carbocycles. The van der Waals surface area contributed by atoms with Crippen molar-refractivity contribution in [1.29, 1.82) is 0 Å². The molecule has 108 valence electrons. The van der Waals surface area contributed by atoms with Crippen molar-refractivity contribution in [2.24, 2.45) is 11.8 Å². The third-order valence-corrected chi connectivity index (χ3v) is 5.34. The summed E-state index contributed by atoms with van der Waals surface area (Å²) in [6.45, 7) is 7.69. The Morgan fingerprint density at radius 1 is 1.28 bits per heavy atom. The van der Waals surface area contributed by atoms with Gasteiger partial charge in [0.25, 0.3) is 0 Å². The van der Waals surface area contributed by atoms with Crippen LogP contribution in [0.2, 0.25) is 0 Å². The Morgan fingerprint density at radius 3 is 2.50 bits per heavy atom. The highest BCUT2D eigenvalue weighted by Gasteiger charge is 2.25. The Balaban J connectivity index is 2.36. The van der Waals surface area contributed by atoms with E-state index in [9.17, 15) is 4.21 Å². The summed E-state index contributed by atoms with van der Waals surface area (Å²) in [7, 11) is -0.633. The highest BCUT2D eigenvalue weighted by atomic mass is 32.2. The van der Waals surface area contributed by atoms with Crippen molar-refractivity contribution in [2.75, 3.05) is 18.1 Å². The lowest BCUT2D eigenvalue weighted by molar-refractivity contribution is 0.385. The Labute approximate surface area is 116 Å². The van der Waals surface area contributed by atoms with Crippen LogP contribution >= 0.6 is 0 Å². The highest BCUT2D eigenvalue weighted by Crippen LogP contribution is 2.28. The number of rotatable bonds is 9. The van der Waals surface area contributed by atoms with E-state index >= 15 is 0 Å². The summed E-state index contributed by atoms with van der Waals surface area (Å²) in [5.41, 5.74) is 0. The molecular weight excluding hydrogens is 242 g/mol. The average Bonchev–Trinajstić information content (AvgIpc) is 2.85. The fourth-order valence-corrected chi connectivity index (χ4v) is 4.39. The molecule has 0 amide bonds. The first-order valence-corrected chi connectivity index (χ1v) is 9.20. The predicted molar refractivity (Wildman–Crippen MR) is 81.4 cm³/mol. The second-order valence-electron chi connectivity index (χ2n) is 6.10. The van der Waals surface area contributed by atoms with Crippen molar-refractivity contribution < 1.29 is 4.21 Å². The summed E-state index contributed by atoms with van der Waals surface area (Å²) >= 11 is 0. The smallest absolute Gasteiger partial charge is 0.0391 e. The topological polar surface area (TPSA) is 29.1 Å². The van der Waals surface area contributed by atoms with Gasteiger partial charge < -0.3 is 5.32 Å². The van der Waals surface area contributed by atoms with Gasteiger partial charge in [0, 0.05) is 28.3 Å². The van der Waals surface area contributed by atoms with E-state index in [0.717, 1.165) is 30.4 Å². The summed E-state index contributed by atoms with van der Waals surface area (Å²) < 4.78 is 12.1. The molecule has 3 heteroatoms. The molecule has 2 nitrogen and oxygen atoms in total. The van der Waals surface area contributed by atoms with Crippen LogP contribution in [0, 0.1) is 11.8 Å². The lowest BCUT2D eigenvalue weighted by Gasteiger charge is -2.24. The first kappa shape index (κ1) is 16.2. The molecule has 1 aliphatic carbocycles. The maximum atomic E-state index is 12.1. The van der Waals surface area contributed by atoms with Crippen molar-refractivity contribution >= 4 is 10.8 Å². The van der Waals surface area contributed by atoms with Gasteiger partial charge in [-0.25, -0.2) is 0 Å². The highest BCUT2D eigenvalue weighted by molar-refractivity contribution is 7.85. The zero-order valence-electron chi connectivity index (χ0n) is 12.4. The van der Waals surface area contributed by atoms with Crippen LogP contribution in [-0.4, -0.2) is 28.3 Å². The first-order chi connectivity index (χ1) is 8.63. The summed E-state index contributed by atoms with van der Waals surface area (Å²) in [6.07, 6.45) is 7.67. The SMILES string of the molecule is CCCNC(CS(=O)CCC(C)C)C1CCCC1. The van der Waals surface area contributed by atoms with Gasteiger partial charge in [0.2, 0.25) is 0 Å². The summed E-state index contributed by atoms with van der Waals surface area (Å²) in [4.78, 5) is 0. The number of hydrogen-bond donors (Lipinski definition) is 1. The van der Waals surface area contributed by atoms with E-state index < -0.39 is 10.8 Å². The fourth-order valence-electron chi connectivity index (χ4n) is 2.70. The van der Waals surface area contributed by atoms with Crippen molar-refractivity contribution in [3.05, 3.63) is 0 Å². The molecule has 18 heavy (non-hydrogen) atoms. The van der Waals surface area contributed by atoms with E-state index in [1.54, 1.807) is 0 Å². The molecule has 0 aromatic carbocycles. The molecule has 0 bridgehead atoms. The van der Waals surface area contributed by atoms with E-state index in [-0.39, 0.29) is 0 Å². The molecule has 0 radical (unpaired) electrons. The van der Waals surface area contributed by atoms with Crippen LogP contribution in [0.4, 0.5) is 0 Å². The third-order valence-electron chi connectivity index (χ3n) is 3.91. The normalized spacial score (nSPS) is 20.4. The molecule has 1 rings (SSSR count). The van der Waals surface area contributed by atoms with E-state index in [1.807, 2.05) is 0 Å². The van der Waals surface area contributed by atoms with Gasteiger partial charge in [-0.3, -0.25) is 4.21 Å². The van der Waals surface area contributed by atoms with Gasteiger partial charge in [0.15, 0.2) is 0 Å². The van der Waals surface area contributed by atoms with Gasteiger partial charge in [0.05, 0.1) is 0 Å². The molecule has 0 aliphatic heterocycles. The quantitative estimate of drug-likeness (QED) is 0.698.